The normalized spacial score (nSPS) is 28.2. The van der Waals surface area contributed by atoms with Gasteiger partial charge in [-0.15, -0.1) is 0 Å². The van der Waals surface area contributed by atoms with Crippen molar-refractivity contribution in [2.45, 2.75) is 227 Å². The molecule has 0 aliphatic heterocycles. The second kappa shape index (κ2) is 18.9. The first-order valence-electron chi connectivity index (χ1n) is 18.4. The molecule has 0 unspecified atom stereocenters. The van der Waals surface area contributed by atoms with E-state index in [0.717, 1.165) is 0 Å². The molecular weight excluding hydrogens is 553 g/mol. The molecule has 0 amide bonds. The van der Waals surface area contributed by atoms with E-state index in [0.29, 0.717) is 15.8 Å². The molecule has 6 fully saturated rings. The fourth-order valence-corrected chi connectivity index (χ4v) is 19.4. The smallest absolute Gasteiger partial charge is 0 e. The van der Waals surface area contributed by atoms with E-state index in [2.05, 4.69) is 0 Å². The topological polar surface area (TPSA) is 0 Å². The average Bonchev–Trinajstić information content (AvgIpc) is 3.01. The Hall–Kier alpha value is 1.37. The quantitative estimate of drug-likeness (QED) is 0.260. The van der Waals surface area contributed by atoms with Gasteiger partial charge in [-0.1, -0.05) is 131 Å². The van der Waals surface area contributed by atoms with E-state index in [1.807, 2.05) is 0 Å². The minimum atomic E-state index is 0. The Morgan fingerprint density at radius 2 is 0.333 bits per heavy atom. The standard InChI is InChI=1S/2C18H33P.Co/c2*1-4-10-16(11-5-1)19(17-12-6-2-7-13-17)18-14-8-3-9-15-18;/h2*16-18H,1-15H2;. The van der Waals surface area contributed by atoms with Gasteiger partial charge in [-0.05, 0) is 111 Å². The Morgan fingerprint density at radius 1 is 0.205 bits per heavy atom. The Kier molecular flexibility index (Phi) is 16.1. The zero-order valence-corrected chi connectivity index (χ0v) is 28.7. The van der Waals surface area contributed by atoms with Crippen LogP contribution in [0.25, 0.3) is 0 Å². The first-order valence-corrected chi connectivity index (χ1v) is 21.5. The Labute approximate surface area is 258 Å². The monoisotopic (exact) mass is 619 g/mol. The van der Waals surface area contributed by atoms with E-state index in [9.17, 15) is 0 Å². The first-order chi connectivity index (χ1) is 18.9. The molecule has 6 aliphatic carbocycles. The largest absolute Gasteiger partial charge is 0.0971 e. The predicted octanol–water partition coefficient (Wildman–Crippen LogP) is 12.9. The molecule has 6 aliphatic rings. The van der Waals surface area contributed by atoms with Crippen molar-refractivity contribution in [2.75, 3.05) is 0 Å². The van der Waals surface area contributed by atoms with Gasteiger partial charge in [0.2, 0.25) is 0 Å². The van der Waals surface area contributed by atoms with Gasteiger partial charge in [0.15, 0.2) is 0 Å². The molecule has 0 bridgehead atoms. The fourth-order valence-electron chi connectivity index (χ4n) is 10.1. The van der Waals surface area contributed by atoms with Crippen molar-refractivity contribution in [1.29, 1.82) is 0 Å². The molecule has 0 N–H and O–H groups in total. The maximum absolute atomic E-state index is 1.61. The van der Waals surface area contributed by atoms with Crippen molar-refractivity contribution in [3.05, 3.63) is 0 Å². The second-order valence-electron chi connectivity index (χ2n) is 14.6. The van der Waals surface area contributed by atoms with Crippen molar-refractivity contribution in [1.82, 2.24) is 0 Å². The molecule has 0 aromatic rings. The summed E-state index contributed by atoms with van der Waals surface area (Å²) in [5.41, 5.74) is 7.14. The van der Waals surface area contributed by atoms with Gasteiger partial charge in [-0.2, -0.15) is 0 Å². The molecule has 6 saturated carbocycles. The Morgan fingerprint density at radius 3 is 0.462 bits per heavy atom. The van der Waals surface area contributed by atoms with Crippen LogP contribution >= 0.6 is 15.8 Å². The van der Waals surface area contributed by atoms with E-state index >= 15 is 0 Å². The zero-order valence-electron chi connectivity index (χ0n) is 25.9. The maximum Gasteiger partial charge on any atom is 0 e. The first kappa shape index (κ1) is 33.3. The molecule has 0 atom stereocenters. The summed E-state index contributed by atoms with van der Waals surface area (Å²) in [6.45, 7) is 0. The third-order valence-electron chi connectivity index (χ3n) is 12.0. The van der Waals surface area contributed by atoms with Crippen LogP contribution in [0.15, 0.2) is 0 Å². The van der Waals surface area contributed by atoms with Crippen molar-refractivity contribution in [3.63, 3.8) is 0 Å². The number of hydrogen-bond donors (Lipinski definition) is 0. The van der Waals surface area contributed by atoms with E-state index in [1.165, 1.54) is 72.5 Å². The van der Waals surface area contributed by atoms with Crippen LogP contribution in [0.5, 0.6) is 0 Å². The fraction of sp³-hybridized carbons (Fsp3) is 1.00. The SMILES string of the molecule is C1CCC(P(C2CCCCC2)C2CCCCC2)CC1.C1CCC(P(C2CCCCC2)C2CCCCC2)CC1.[Co]. The summed E-state index contributed by atoms with van der Waals surface area (Å²) in [6, 6.07) is 0. The van der Waals surface area contributed by atoms with Crippen LogP contribution in [0, 0.1) is 0 Å². The predicted molar refractivity (Wildman–Crippen MR) is 175 cm³/mol. The Bertz CT molecular complexity index is 464. The van der Waals surface area contributed by atoms with Gasteiger partial charge in [0.1, 0.15) is 0 Å². The summed E-state index contributed by atoms with van der Waals surface area (Å²) in [5.74, 6) is 0. The van der Waals surface area contributed by atoms with Crippen LogP contribution < -0.4 is 0 Å². The molecule has 6 rings (SSSR count). The zero-order chi connectivity index (χ0) is 25.8. The molecule has 0 aromatic heterocycles. The third kappa shape index (κ3) is 10.2. The summed E-state index contributed by atoms with van der Waals surface area (Å²) in [6.07, 6.45) is 47.2. The maximum atomic E-state index is 1.61. The van der Waals surface area contributed by atoms with Gasteiger partial charge < -0.3 is 0 Å². The van der Waals surface area contributed by atoms with E-state index in [4.69, 9.17) is 0 Å². The molecule has 1 radical (unpaired) electrons. The summed E-state index contributed by atoms with van der Waals surface area (Å²) < 4.78 is 0. The summed E-state index contributed by atoms with van der Waals surface area (Å²) in [5, 5.41) is 0. The van der Waals surface area contributed by atoms with Gasteiger partial charge >= 0.3 is 0 Å². The minimum absolute atomic E-state index is 0. The van der Waals surface area contributed by atoms with Gasteiger partial charge in [-0.3, -0.25) is 0 Å². The molecule has 0 heterocycles. The summed E-state index contributed by atoms with van der Waals surface area (Å²) in [4.78, 5) is 0. The minimum Gasteiger partial charge on any atom is -0.0971 e. The van der Waals surface area contributed by atoms with Crippen LogP contribution in [0.2, 0.25) is 0 Å². The Balaban J connectivity index is 0.000000176. The van der Waals surface area contributed by atoms with Crippen molar-refractivity contribution in [3.8, 4) is 0 Å². The van der Waals surface area contributed by atoms with Gasteiger partial charge in [0.25, 0.3) is 0 Å². The molecular formula is C36H66CoP2. The van der Waals surface area contributed by atoms with E-state index in [1.54, 1.807) is 154 Å². The van der Waals surface area contributed by atoms with Crippen LogP contribution in [0.3, 0.4) is 0 Å². The number of rotatable bonds is 6. The van der Waals surface area contributed by atoms with Crippen LogP contribution in [-0.4, -0.2) is 34.0 Å². The summed E-state index contributed by atoms with van der Waals surface area (Å²) in [7, 11) is 0.770. The van der Waals surface area contributed by atoms with Gasteiger partial charge in [0, 0.05) is 16.8 Å². The third-order valence-corrected chi connectivity index (χ3v) is 20.1. The molecule has 3 heteroatoms. The van der Waals surface area contributed by atoms with Crippen LogP contribution in [0.4, 0.5) is 0 Å². The molecule has 39 heavy (non-hydrogen) atoms. The average molecular weight is 620 g/mol. The van der Waals surface area contributed by atoms with Crippen LogP contribution in [-0.2, 0) is 16.8 Å². The van der Waals surface area contributed by atoms with Crippen molar-refractivity contribution < 1.29 is 16.8 Å². The molecule has 0 spiro atoms. The molecule has 0 aromatic carbocycles. The molecule has 229 valence electrons. The van der Waals surface area contributed by atoms with E-state index < -0.39 is 0 Å². The number of hydrogen-bond acceptors (Lipinski definition) is 0. The summed E-state index contributed by atoms with van der Waals surface area (Å²) >= 11 is 0. The van der Waals surface area contributed by atoms with Crippen molar-refractivity contribution in [2.24, 2.45) is 0 Å². The van der Waals surface area contributed by atoms with Crippen molar-refractivity contribution >= 4 is 15.8 Å². The molecule has 0 nitrogen and oxygen atoms in total. The second-order valence-corrected chi connectivity index (χ2v) is 20.8. The molecule has 0 saturated heterocycles. The van der Waals surface area contributed by atoms with Crippen LogP contribution in [0.1, 0.15) is 193 Å². The van der Waals surface area contributed by atoms with Gasteiger partial charge in [-0.25, -0.2) is 0 Å². The van der Waals surface area contributed by atoms with E-state index in [-0.39, 0.29) is 16.8 Å². The van der Waals surface area contributed by atoms with Gasteiger partial charge in [0.05, 0.1) is 0 Å².